The van der Waals surface area contributed by atoms with Crippen LogP contribution >= 0.6 is 15.9 Å². The Balaban J connectivity index is 1.90. The van der Waals surface area contributed by atoms with Crippen LogP contribution in [0.4, 0.5) is 13.2 Å². The lowest BCUT2D eigenvalue weighted by atomic mass is 10.0. The number of halogens is 4. The molecule has 1 unspecified atom stereocenters. The second kappa shape index (κ2) is 10.4. The highest BCUT2D eigenvalue weighted by Crippen LogP contribution is 2.41. The van der Waals surface area contributed by atoms with Crippen LogP contribution in [0, 0.1) is 0 Å². The summed E-state index contributed by atoms with van der Waals surface area (Å²) in [6.07, 6.45) is -2.08. The molecule has 1 aliphatic heterocycles. The molecule has 0 N–H and O–H groups in total. The zero-order valence-corrected chi connectivity index (χ0v) is 19.0. The summed E-state index contributed by atoms with van der Waals surface area (Å²) in [5, 5.41) is 4.03. The van der Waals surface area contributed by atoms with Gasteiger partial charge in [0.15, 0.2) is 5.56 Å². The van der Waals surface area contributed by atoms with Crippen molar-refractivity contribution in [2.45, 2.75) is 38.3 Å². The van der Waals surface area contributed by atoms with Crippen LogP contribution in [0.25, 0.3) is 5.57 Å². The van der Waals surface area contributed by atoms with E-state index in [2.05, 4.69) is 21.0 Å². The minimum absolute atomic E-state index is 0.107. The van der Waals surface area contributed by atoms with Gasteiger partial charge < -0.3 is 18.9 Å². The average Bonchev–Trinajstić information content (AvgIpc) is 3.38. The van der Waals surface area contributed by atoms with Gasteiger partial charge in [-0.1, -0.05) is 24.3 Å². The van der Waals surface area contributed by atoms with E-state index in [0.717, 1.165) is 12.8 Å². The van der Waals surface area contributed by atoms with Gasteiger partial charge in [-0.25, -0.2) is 4.79 Å². The van der Waals surface area contributed by atoms with E-state index in [1.165, 1.54) is 25.2 Å². The summed E-state index contributed by atoms with van der Waals surface area (Å²) < 4.78 is 63.0. The first-order chi connectivity index (χ1) is 15.3. The van der Waals surface area contributed by atoms with Crippen molar-refractivity contribution in [3.63, 3.8) is 0 Å². The molecule has 1 saturated heterocycles. The van der Waals surface area contributed by atoms with E-state index in [9.17, 15) is 18.0 Å². The van der Waals surface area contributed by atoms with E-state index in [1.807, 2.05) is 0 Å². The van der Waals surface area contributed by atoms with Crippen LogP contribution in [0.5, 0.6) is 5.88 Å². The van der Waals surface area contributed by atoms with E-state index in [1.54, 1.807) is 24.3 Å². The SMILES string of the molecule is CO/C=C(/C(=O)OC)c1ccccc1COc1nn(CC2CCCO2)c(Br)c1C(F)(F)F. The van der Waals surface area contributed by atoms with E-state index < -0.39 is 23.6 Å². The molecule has 1 aliphatic rings. The number of ether oxygens (including phenoxy) is 4. The largest absolute Gasteiger partial charge is 0.503 e. The maximum absolute atomic E-state index is 13.7. The second-order valence-corrected chi connectivity index (χ2v) is 7.74. The molecule has 1 fully saturated rings. The van der Waals surface area contributed by atoms with Crippen molar-refractivity contribution in [3.8, 4) is 5.88 Å². The fourth-order valence-corrected chi connectivity index (χ4v) is 3.99. The van der Waals surface area contributed by atoms with Gasteiger partial charge in [0.05, 0.1) is 33.1 Å². The Morgan fingerprint density at radius 2 is 2.09 bits per heavy atom. The number of hydrogen-bond acceptors (Lipinski definition) is 6. The molecule has 1 aromatic carbocycles. The smallest absolute Gasteiger partial charge is 0.424 e. The summed E-state index contributed by atoms with van der Waals surface area (Å²) in [4.78, 5) is 12.1. The Kier molecular flexibility index (Phi) is 7.83. The van der Waals surface area contributed by atoms with Crippen LogP contribution in [0.15, 0.2) is 35.1 Å². The van der Waals surface area contributed by atoms with Gasteiger partial charge in [0, 0.05) is 6.61 Å². The number of aromatic nitrogens is 2. The van der Waals surface area contributed by atoms with Crippen molar-refractivity contribution in [1.82, 2.24) is 9.78 Å². The zero-order chi connectivity index (χ0) is 23.3. The van der Waals surface area contributed by atoms with Gasteiger partial charge in [-0.3, -0.25) is 4.68 Å². The van der Waals surface area contributed by atoms with Gasteiger partial charge in [0.1, 0.15) is 16.8 Å². The van der Waals surface area contributed by atoms with Crippen LogP contribution < -0.4 is 4.74 Å². The van der Waals surface area contributed by atoms with Gasteiger partial charge in [0.25, 0.3) is 0 Å². The lowest BCUT2D eigenvalue weighted by Gasteiger charge is -2.13. The van der Waals surface area contributed by atoms with E-state index in [0.29, 0.717) is 17.7 Å². The number of nitrogens with zero attached hydrogens (tertiary/aromatic N) is 2. The first-order valence-electron chi connectivity index (χ1n) is 9.73. The van der Waals surface area contributed by atoms with E-state index >= 15 is 0 Å². The molecule has 0 bridgehead atoms. The van der Waals surface area contributed by atoms with Crippen molar-refractivity contribution < 1.29 is 36.9 Å². The van der Waals surface area contributed by atoms with Crippen molar-refractivity contribution in [3.05, 3.63) is 51.8 Å². The molecule has 7 nitrogen and oxygen atoms in total. The number of carbonyl (C=O) groups is 1. The molecule has 174 valence electrons. The average molecular weight is 519 g/mol. The second-order valence-electron chi connectivity index (χ2n) is 6.99. The highest BCUT2D eigenvalue weighted by molar-refractivity contribution is 9.10. The quantitative estimate of drug-likeness (QED) is 0.289. The predicted octanol–water partition coefficient (Wildman–Crippen LogP) is 4.58. The number of benzene rings is 1. The fourth-order valence-electron chi connectivity index (χ4n) is 3.37. The van der Waals surface area contributed by atoms with Gasteiger partial charge in [-0.05, 0) is 39.9 Å². The number of alkyl halides is 3. The summed E-state index contributed by atoms with van der Waals surface area (Å²) in [6, 6.07) is 6.62. The molecule has 0 amide bonds. The number of carbonyl (C=O) groups excluding carboxylic acids is 1. The first-order valence-corrected chi connectivity index (χ1v) is 10.5. The molecule has 0 spiro atoms. The standard InChI is InChI=1S/C21H22BrF3N2O5/c1-29-12-16(20(28)30-2)15-8-4-3-6-13(15)11-32-19-17(21(23,24)25)18(22)27(26-19)10-14-7-5-9-31-14/h3-4,6,8,12,14H,5,7,9-11H2,1-2H3/b16-12+. The summed E-state index contributed by atoms with van der Waals surface area (Å²) in [5.74, 6) is -1.22. The number of rotatable bonds is 8. The van der Waals surface area contributed by atoms with E-state index in [4.69, 9.17) is 18.9 Å². The Morgan fingerprint density at radius 3 is 2.72 bits per heavy atom. The maximum atomic E-state index is 13.7. The van der Waals surface area contributed by atoms with Gasteiger partial charge in [-0.2, -0.15) is 13.2 Å². The number of methoxy groups -OCH3 is 2. The molecule has 1 aromatic heterocycles. The lowest BCUT2D eigenvalue weighted by molar-refractivity contribution is -0.139. The van der Waals surface area contributed by atoms with Crippen molar-refractivity contribution in [2.75, 3.05) is 20.8 Å². The van der Waals surface area contributed by atoms with Crippen molar-refractivity contribution in [2.24, 2.45) is 0 Å². The molecular formula is C21H22BrF3N2O5. The minimum atomic E-state index is -4.68. The fraction of sp³-hybridized carbons (Fsp3) is 0.429. The monoisotopic (exact) mass is 518 g/mol. The van der Waals surface area contributed by atoms with Crippen LogP contribution in [-0.2, 0) is 38.3 Å². The third kappa shape index (κ3) is 5.44. The Bertz CT molecular complexity index is 984. The zero-order valence-electron chi connectivity index (χ0n) is 17.4. The minimum Gasteiger partial charge on any atom is -0.503 e. The third-order valence-corrected chi connectivity index (χ3v) is 5.66. The third-order valence-electron chi connectivity index (χ3n) is 4.86. The van der Waals surface area contributed by atoms with Crippen molar-refractivity contribution >= 4 is 27.5 Å². The Hall–Kier alpha value is -2.53. The summed E-state index contributed by atoms with van der Waals surface area (Å²) in [6.45, 7) is 0.487. The van der Waals surface area contributed by atoms with Gasteiger partial charge in [-0.15, -0.1) is 5.10 Å². The van der Waals surface area contributed by atoms with Gasteiger partial charge >= 0.3 is 12.1 Å². The van der Waals surface area contributed by atoms with Crippen LogP contribution in [0.1, 0.15) is 29.5 Å². The molecule has 2 heterocycles. The van der Waals surface area contributed by atoms with Crippen molar-refractivity contribution in [1.29, 1.82) is 0 Å². The highest BCUT2D eigenvalue weighted by atomic mass is 79.9. The van der Waals surface area contributed by atoms with Crippen LogP contribution in [-0.4, -0.2) is 42.7 Å². The summed E-state index contributed by atoms with van der Waals surface area (Å²) in [7, 11) is 2.59. The molecule has 3 rings (SSSR count). The molecular weight excluding hydrogens is 497 g/mol. The summed E-state index contributed by atoms with van der Waals surface area (Å²) in [5.41, 5.74) is -0.0318. The topological polar surface area (TPSA) is 71.8 Å². The summed E-state index contributed by atoms with van der Waals surface area (Å²) >= 11 is 3.02. The molecule has 11 heteroatoms. The lowest BCUT2D eigenvalue weighted by Crippen LogP contribution is -2.16. The molecule has 32 heavy (non-hydrogen) atoms. The van der Waals surface area contributed by atoms with Gasteiger partial charge in [0.2, 0.25) is 5.88 Å². The molecule has 0 aliphatic carbocycles. The Labute approximate surface area is 191 Å². The highest BCUT2D eigenvalue weighted by Gasteiger charge is 2.41. The molecule has 0 saturated carbocycles. The normalized spacial score (nSPS) is 16.8. The number of hydrogen-bond donors (Lipinski definition) is 0. The maximum Gasteiger partial charge on any atom is 0.424 e. The van der Waals surface area contributed by atoms with Crippen LogP contribution in [0.3, 0.4) is 0 Å². The van der Waals surface area contributed by atoms with Crippen LogP contribution in [0.2, 0.25) is 0 Å². The molecule has 2 aromatic rings. The predicted molar refractivity (Wildman–Crippen MR) is 112 cm³/mol. The Morgan fingerprint density at radius 1 is 1.34 bits per heavy atom. The van der Waals surface area contributed by atoms with E-state index in [-0.39, 0.29) is 29.4 Å². The first kappa shape index (κ1) is 24.1. The molecule has 1 atom stereocenters. The molecule has 0 radical (unpaired) electrons. The number of esters is 1.